The first-order valence-electron chi connectivity index (χ1n) is 12.6. The van der Waals surface area contributed by atoms with E-state index < -0.39 is 12.1 Å². The van der Waals surface area contributed by atoms with Crippen LogP contribution >= 0.6 is 0 Å². The van der Waals surface area contributed by atoms with Gasteiger partial charge in [0.15, 0.2) is 0 Å². The highest BCUT2D eigenvalue weighted by molar-refractivity contribution is 5.93. The summed E-state index contributed by atoms with van der Waals surface area (Å²) in [5.41, 5.74) is 6.31. The van der Waals surface area contributed by atoms with Crippen molar-refractivity contribution < 1.29 is 19.4 Å². The largest absolute Gasteiger partial charge is 0.478 e. The monoisotopic (exact) mass is 484 g/mol. The SMILES string of the molecule is Cc1ccc(C(=O)O)cc1N(CC1CCN(C)CC1)C(=O)OCC1c2ccccc2-c2ccccc21. The molecule has 1 N–H and O–H groups in total. The summed E-state index contributed by atoms with van der Waals surface area (Å²) in [4.78, 5) is 29.3. The van der Waals surface area contributed by atoms with Crippen LogP contribution in [0.15, 0.2) is 66.7 Å². The number of nitrogens with zero attached hydrogens (tertiary/aromatic N) is 2. The van der Waals surface area contributed by atoms with Gasteiger partial charge in [0, 0.05) is 12.5 Å². The number of rotatable bonds is 6. The number of carboxylic acids is 1. The van der Waals surface area contributed by atoms with Gasteiger partial charge in [-0.15, -0.1) is 0 Å². The van der Waals surface area contributed by atoms with Crippen LogP contribution in [0.3, 0.4) is 0 Å². The Morgan fingerprint density at radius 3 is 2.19 bits per heavy atom. The fourth-order valence-electron chi connectivity index (χ4n) is 5.48. The van der Waals surface area contributed by atoms with Crippen LogP contribution in [0.5, 0.6) is 0 Å². The number of carbonyl (C=O) groups is 2. The summed E-state index contributed by atoms with van der Waals surface area (Å²) in [7, 11) is 2.11. The predicted molar refractivity (Wildman–Crippen MR) is 141 cm³/mol. The van der Waals surface area contributed by atoms with E-state index in [0.717, 1.165) is 42.6 Å². The zero-order valence-corrected chi connectivity index (χ0v) is 20.8. The van der Waals surface area contributed by atoms with Gasteiger partial charge in [0.1, 0.15) is 6.61 Å². The number of aromatic carboxylic acids is 1. The molecule has 1 saturated heterocycles. The molecule has 0 atom stereocenters. The number of carbonyl (C=O) groups excluding carboxylic acids is 1. The van der Waals surface area contributed by atoms with E-state index in [1.165, 1.54) is 11.1 Å². The minimum Gasteiger partial charge on any atom is -0.478 e. The molecule has 0 spiro atoms. The van der Waals surface area contributed by atoms with E-state index in [1.807, 2.05) is 31.2 Å². The predicted octanol–water partition coefficient (Wildman–Crippen LogP) is 5.79. The molecule has 186 valence electrons. The summed E-state index contributed by atoms with van der Waals surface area (Å²) in [5, 5.41) is 9.56. The average Bonchev–Trinajstić information content (AvgIpc) is 3.21. The molecule has 0 saturated carbocycles. The van der Waals surface area contributed by atoms with E-state index in [2.05, 4.69) is 36.2 Å². The van der Waals surface area contributed by atoms with Gasteiger partial charge in [0.05, 0.1) is 11.3 Å². The Hall–Kier alpha value is -3.64. The molecule has 3 aromatic rings. The third-order valence-corrected chi connectivity index (χ3v) is 7.58. The lowest BCUT2D eigenvalue weighted by atomic mass is 9.96. The van der Waals surface area contributed by atoms with Crippen molar-refractivity contribution in [2.75, 3.05) is 38.2 Å². The second-order valence-corrected chi connectivity index (χ2v) is 9.97. The topological polar surface area (TPSA) is 70.1 Å². The van der Waals surface area contributed by atoms with Crippen molar-refractivity contribution in [1.82, 2.24) is 4.90 Å². The maximum absolute atomic E-state index is 13.6. The fraction of sp³-hybridized carbons (Fsp3) is 0.333. The Balaban J connectivity index is 1.41. The second-order valence-electron chi connectivity index (χ2n) is 9.97. The number of hydrogen-bond donors (Lipinski definition) is 1. The molecule has 2 aliphatic rings. The van der Waals surface area contributed by atoms with Crippen LogP contribution in [0.2, 0.25) is 0 Å². The molecule has 1 amide bonds. The number of aryl methyl sites for hydroxylation is 1. The first-order valence-corrected chi connectivity index (χ1v) is 12.6. The Kier molecular flexibility index (Phi) is 6.79. The van der Waals surface area contributed by atoms with Crippen molar-refractivity contribution in [2.45, 2.75) is 25.7 Å². The number of amides is 1. The molecular formula is C30H32N2O4. The van der Waals surface area contributed by atoms with Crippen molar-refractivity contribution in [1.29, 1.82) is 0 Å². The fourth-order valence-corrected chi connectivity index (χ4v) is 5.48. The maximum atomic E-state index is 13.6. The van der Waals surface area contributed by atoms with Crippen LogP contribution in [0.1, 0.15) is 45.8 Å². The first-order chi connectivity index (χ1) is 17.4. The lowest BCUT2D eigenvalue weighted by Gasteiger charge is -2.33. The highest BCUT2D eigenvalue weighted by Gasteiger charge is 2.31. The number of likely N-dealkylation sites (tertiary alicyclic amines) is 1. The number of hydrogen-bond acceptors (Lipinski definition) is 4. The minimum atomic E-state index is -1.01. The van der Waals surface area contributed by atoms with Crippen molar-refractivity contribution in [3.05, 3.63) is 89.0 Å². The van der Waals surface area contributed by atoms with Crippen LogP contribution in [0.25, 0.3) is 11.1 Å². The van der Waals surface area contributed by atoms with Gasteiger partial charge in [0.25, 0.3) is 0 Å². The van der Waals surface area contributed by atoms with Crippen molar-refractivity contribution in [2.24, 2.45) is 5.92 Å². The van der Waals surface area contributed by atoms with Gasteiger partial charge in [-0.05, 0) is 85.8 Å². The normalized spacial score (nSPS) is 15.8. The Morgan fingerprint density at radius 2 is 1.58 bits per heavy atom. The molecule has 5 rings (SSSR count). The van der Waals surface area contributed by atoms with Crippen molar-refractivity contribution in [3.8, 4) is 11.1 Å². The number of carboxylic acid groups (broad SMARTS) is 1. The molecule has 1 aliphatic heterocycles. The van der Waals surface area contributed by atoms with Gasteiger partial charge in [-0.2, -0.15) is 0 Å². The van der Waals surface area contributed by atoms with Gasteiger partial charge in [-0.25, -0.2) is 9.59 Å². The molecule has 36 heavy (non-hydrogen) atoms. The minimum absolute atomic E-state index is 0.0296. The number of benzene rings is 3. The highest BCUT2D eigenvalue weighted by Crippen LogP contribution is 2.44. The van der Waals surface area contributed by atoms with E-state index in [-0.39, 0.29) is 18.1 Å². The summed E-state index contributed by atoms with van der Waals surface area (Å²) in [6.07, 6.45) is 1.55. The van der Waals surface area contributed by atoms with E-state index in [4.69, 9.17) is 4.74 Å². The van der Waals surface area contributed by atoms with Gasteiger partial charge >= 0.3 is 12.1 Å². The summed E-state index contributed by atoms with van der Waals surface area (Å²) >= 11 is 0. The number of fused-ring (bicyclic) bond motifs is 3. The molecule has 1 aliphatic carbocycles. The number of piperidine rings is 1. The molecule has 3 aromatic carbocycles. The third kappa shape index (κ3) is 4.73. The third-order valence-electron chi connectivity index (χ3n) is 7.58. The molecular weight excluding hydrogens is 452 g/mol. The van der Waals surface area contributed by atoms with Crippen molar-refractivity contribution >= 4 is 17.7 Å². The van der Waals surface area contributed by atoms with Crippen LogP contribution in [-0.2, 0) is 4.74 Å². The quantitative estimate of drug-likeness (QED) is 0.480. The maximum Gasteiger partial charge on any atom is 0.414 e. The summed E-state index contributed by atoms with van der Waals surface area (Å²) in [6, 6.07) is 21.5. The van der Waals surface area contributed by atoms with E-state index in [1.54, 1.807) is 23.1 Å². The van der Waals surface area contributed by atoms with Crippen molar-refractivity contribution in [3.63, 3.8) is 0 Å². The zero-order valence-electron chi connectivity index (χ0n) is 20.8. The Morgan fingerprint density at radius 1 is 0.972 bits per heavy atom. The average molecular weight is 485 g/mol. The lowest BCUT2D eigenvalue weighted by molar-refractivity contribution is 0.0696. The standard InChI is InChI=1S/C30H32N2O4/c1-20-11-12-22(29(33)34)17-28(20)32(18-21-13-15-31(2)16-14-21)30(35)36-19-27-25-9-5-3-7-23(25)24-8-4-6-10-26(24)27/h3-12,17,21,27H,13-16,18-19H2,1-2H3,(H,33,34). The summed E-state index contributed by atoms with van der Waals surface area (Å²) in [5.74, 6) is -0.712. The highest BCUT2D eigenvalue weighted by atomic mass is 16.6. The van der Waals surface area contributed by atoms with E-state index in [9.17, 15) is 14.7 Å². The number of ether oxygens (including phenoxy) is 1. The van der Waals surface area contributed by atoms with Gasteiger partial charge in [-0.3, -0.25) is 4.90 Å². The molecule has 6 heteroatoms. The smallest absolute Gasteiger partial charge is 0.414 e. The first kappa shape index (κ1) is 24.1. The molecule has 0 aromatic heterocycles. The lowest BCUT2D eigenvalue weighted by Crippen LogP contribution is -2.41. The molecule has 0 unspecified atom stereocenters. The second kappa shape index (κ2) is 10.2. The molecule has 0 radical (unpaired) electrons. The zero-order chi connectivity index (χ0) is 25.2. The van der Waals surface area contributed by atoms with Gasteiger partial charge < -0.3 is 14.7 Å². The van der Waals surface area contributed by atoms with E-state index >= 15 is 0 Å². The summed E-state index contributed by atoms with van der Waals surface area (Å²) < 4.78 is 6.00. The molecule has 6 nitrogen and oxygen atoms in total. The van der Waals surface area contributed by atoms with Crippen LogP contribution in [0, 0.1) is 12.8 Å². The molecule has 0 bridgehead atoms. The Bertz CT molecular complexity index is 1230. The van der Waals surface area contributed by atoms with E-state index in [0.29, 0.717) is 18.2 Å². The number of anilines is 1. The summed E-state index contributed by atoms with van der Waals surface area (Å²) in [6.45, 7) is 4.61. The van der Waals surface area contributed by atoms with Gasteiger partial charge in [-0.1, -0.05) is 54.6 Å². The Labute approximate surface area is 212 Å². The van der Waals surface area contributed by atoms with Crippen LogP contribution < -0.4 is 4.90 Å². The molecule has 1 heterocycles. The van der Waals surface area contributed by atoms with Crippen LogP contribution in [-0.4, -0.2) is 55.4 Å². The van der Waals surface area contributed by atoms with Gasteiger partial charge in [0.2, 0.25) is 0 Å². The van der Waals surface area contributed by atoms with Crippen LogP contribution in [0.4, 0.5) is 10.5 Å². The molecule has 1 fully saturated rings.